The normalized spacial score (nSPS) is 14.2. The predicted molar refractivity (Wildman–Crippen MR) is 50.3 cm³/mol. The van der Waals surface area contributed by atoms with Crippen LogP contribution in [0, 0.1) is 0 Å². The van der Waals surface area contributed by atoms with Gasteiger partial charge in [0.25, 0.3) is 0 Å². The lowest BCUT2D eigenvalue weighted by atomic mass is 10.2. The Kier molecular flexibility index (Phi) is 5.83. The Morgan fingerprint density at radius 1 is 1.27 bits per heavy atom. The molecule has 0 unspecified atom stereocenters. The number of amides is 2. The maximum absolute atomic E-state index is 11.0. The van der Waals surface area contributed by atoms with Gasteiger partial charge in [-0.05, 0) is 0 Å². The second-order valence-corrected chi connectivity index (χ2v) is 3.11. The average Bonchev–Trinajstić information content (AvgIpc) is 2.14. The zero-order valence-electron chi connectivity index (χ0n) is 8.67. The first-order valence-corrected chi connectivity index (χ1v) is 4.40. The molecule has 0 aromatic rings. The van der Waals surface area contributed by atoms with Gasteiger partial charge in [-0.3, -0.25) is 20.0 Å². The Morgan fingerprint density at radius 2 is 1.80 bits per heavy atom. The average molecular weight is 220 g/mol. The molecule has 7 heteroatoms. The summed E-state index contributed by atoms with van der Waals surface area (Å²) in [5.41, 5.74) is 2.18. The van der Waals surface area contributed by atoms with Gasteiger partial charge in [-0.1, -0.05) is 0 Å². The lowest BCUT2D eigenvalue weighted by Crippen LogP contribution is -2.50. The van der Waals surface area contributed by atoms with Crippen LogP contribution < -0.4 is 5.43 Å². The third kappa shape index (κ3) is 5.31. The number of nitrogens with zero attached hydrogens (tertiary/aromatic N) is 1. The molecule has 15 heavy (non-hydrogen) atoms. The molecule has 0 aromatic heterocycles. The fraction of sp³-hybridized carbons (Fsp3) is 0.750. The van der Waals surface area contributed by atoms with E-state index in [1.54, 1.807) is 0 Å². The highest BCUT2D eigenvalue weighted by Gasteiger charge is 2.21. The van der Waals surface area contributed by atoms with Crippen molar-refractivity contribution in [3.05, 3.63) is 0 Å². The minimum atomic E-state index is -1.35. The van der Waals surface area contributed by atoms with Crippen LogP contribution in [0.15, 0.2) is 0 Å². The summed E-state index contributed by atoms with van der Waals surface area (Å²) in [6.07, 6.45) is -2.66. The molecule has 0 aromatic carbocycles. The summed E-state index contributed by atoms with van der Waals surface area (Å²) in [5, 5.41) is 27.7. The van der Waals surface area contributed by atoms with Gasteiger partial charge in [0.05, 0.1) is 13.2 Å². The number of rotatable bonds is 4. The summed E-state index contributed by atoms with van der Waals surface area (Å²) in [7, 11) is 0. The maximum atomic E-state index is 11.0. The van der Waals surface area contributed by atoms with Crippen molar-refractivity contribution in [2.45, 2.75) is 26.1 Å². The van der Waals surface area contributed by atoms with Gasteiger partial charge in [0, 0.05) is 13.8 Å². The van der Waals surface area contributed by atoms with Gasteiger partial charge in [0.1, 0.15) is 12.2 Å². The van der Waals surface area contributed by atoms with Crippen molar-refractivity contribution < 1.29 is 24.9 Å². The molecule has 0 aliphatic carbocycles. The van der Waals surface area contributed by atoms with Crippen molar-refractivity contribution in [3.8, 4) is 0 Å². The molecule has 0 heterocycles. The summed E-state index contributed by atoms with van der Waals surface area (Å²) in [5.74, 6) is -0.940. The lowest BCUT2D eigenvalue weighted by molar-refractivity contribution is -0.142. The van der Waals surface area contributed by atoms with Crippen LogP contribution in [0.2, 0.25) is 0 Å². The molecule has 88 valence electrons. The Morgan fingerprint density at radius 3 is 2.13 bits per heavy atom. The van der Waals surface area contributed by atoms with E-state index in [0.717, 1.165) is 5.01 Å². The van der Waals surface area contributed by atoms with E-state index in [9.17, 15) is 14.7 Å². The third-order valence-corrected chi connectivity index (χ3v) is 1.67. The van der Waals surface area contributed by atoms with Crippen LogP contribution in [0.1, 0.15) is 13.8 Å². The monoisotopic (exact) mass is 220 g/mol. The Balaban J connectivity index is 4.28. The van der Waals surface area contributed by atoms with E-state index in [1.165, 1.54) is 13.8 Å². The second kappa shape index (κ2) is 6.33. The summed E-state index contributed by atoms with van der Waals surface area (Å²) in [4.78, 5) is 21.7. The number of hydrogen-bond acceptors (Lipinski definition) is 5. The Bertz CT molecular complexity index is 233. The van der Waals surface area contributed by atoms with Gasteiger partial charge in [0.2, 0.25) is 11.8 Å². The summed E-state index contributed by atoms with van der Waals surface area (Å²) in [6.45, 7) is 1.52. The second-order valence-electron chi connectivity index (χ2n) is 3.11. The van der Waals surface area contributed by atoms with Crippen molar-refractivity contribution in [1.29, 1.82) is 0 Å². The first-order valence-electron chi connectivity index (χ1n) is 4.40. The molecule has 4 N–H and O–H groups in total. The number of aliphatic hydroxyl groups excluding tert-OH is 3. The molecule has 0 saturated carbocycles. The molecule has 0 aliphatic heterocycles. The smallest absolute Gasteiger partial charge is 0.237 e. The molecule has 2 amide bonds. The quantitative estimate of drug-likeness (QED) is 0.395. The molecular weight excluding hydrogens is 204 g/mol. The molecule has 0 bridgehead atoms. The SMILES string of the molecule is CC(=O)NN(C[C@H](O)[C@@H](O)CO)C(C)=O. The first kappa shape index (κ1) is 13.8. The Hall–Kier alpha value is -1.18. The van der Waals surface area contributed by atoms with E-state index in [4.69, 9.17) is 10.2 Å². The van der Waals surface area contributed by atoms with Crippen LogP contribution in [-0.4, -0.2) is 57.5 Å². The van der Waals surface area contributed by atoms with Crippen LogP contribution in [0.3, 0.4) is 0 Å². The summed E-state index contributed by atoms with van der Waals surface area (Å²) < 4.78 is 0. The van der Waals surface area contributed by atoms with Crippen LogP contribution in [0.25, 0.3) is 0 Å². The minimum absolute atomic E-state index is 0.281. The van der Waals surface area contributed by atoms with Crippen LogP contribution in [-0.2, 0) is 9.59 Å². The molecule has 0 radical (unpaired) electrons. The number of carbonyl (C=O) groups is 2. The summed E-state index contributed by atoms with van der Waals surface area (Å²) >= 11 is 0. The molecular formula is C8H16N2O5. The number of nitrogens with one attached hydrogen (secondary N) is 1. The number of hydrogen-bond donors (Lipinski definition) is 4. The molecule has 7 nitrogen and oxygen atoms in total. The van der Waals surface area contributed by atoms with Gasteiger partial charge in [-0.15, -0.1) is 0 Å². The highest BCUT2D eigenvalue weighted by atomic mass is 16.4. The zero-order valence-corrected chi connectivity index (χ0v) is 8.67. The van der Waals surface area contributed by atoms with Gasteiger partial charge in [-0.2, -0.15) is 0 Å². The van der Waals surface area contributed by atoms with Gasteiger partial charge < -0.3 is 15.3 Å². The molecule has 0 rings (SSSR count). The first-order chi connectivity index (χ1) is 6.88. The van der Waals surface area contributed by atoms with Crippen molar-refractivity contribution in [2.75, 3.05) is 13.2 Å². The van der Waals surface area contributed by atoms with Gasteiger partial charge >= 0.3 is 0 Å². The fourth-order valence-electron chi connectivity index (χ4n) is 0.873. The van der Waals surface area contributed by atoms with Crippen molar-refractivity contribution in [2.24, 2.45) is 0 Å². The standard InChI is InChI=1S/C8H16N2O5/c1-5(12)9-10(6(2)13)3-7(14)8(15)4-11/h7-8,11,14-15H,3-4H2,1-2H3,(H,9,12)/t7-,8-/m0/s1. The molecule has 0 aliphatic rings. The summed E-state index contributed by atoms with van der Waals surface area (Å²) in [6, 6.07) is 0. The molecule has 0 spiro atoms. The highest BCUT2D eigenvalue weighted by molar-refractivity contribution is 5.79. The van der Waals surface area contributed by atoms with Gasteiger partial charge in [0.15, 0.2) is 0 Å². The van der Waals surface area contributed by atoms with Gasteiger partial charge in [-0.25, -0.2) is 0 Å². The predicted octanol–water partition coefficient (Wildman–Crippen LogP) is -2.40. The van der Waals surface area contributed by atoms with Crippen LogP contribution in [0.4, 0.5) is 0 Å². The van der Waals surface area contributed by atoms with E-state index in [2.05, 4.69) is 5.43 Å². The number of carbonyl (C=O) groups excluding carboxylic acids is 2. The van der Waals surface area contributed by atoms with E-state index in [0.29, 0.717) is 0 Å². The van der Waals surface area contributed by atoms with Crippen LogP contribution in [0.5, 0.6) is 0 Å². The highest BCUT2D eigenvalue weighted by Crippen LogP contribution is 1.96. The third-order valence-electron chi connectivity index (χ3n) is 1.67. The maximum Gasteiger partial charge on any atom is 0.237 e. The van der Waals surface area contributed by atoms with Crippen molar-refractivity contribution >= 4 is 11.8 Å². The van der Waals surface area contributed by atoms with E-state index in [1.807, 2.05) is 0 Å². The number of aliphatic hydroxyl groups is 3. The zero-order chi connectivity index (χ0) is 12.0. The Labute approximate surface area is 87.3 Å². The molecule has 2 atom stereocenters. The lowest BCUT2D eigenvalue weighted by Gasteiger charge is -2.25. The van der Waals surface area contributed by atoms with Crippen LogP contribution >= 0.6 is 0 Å². The van der Waals surface area contributed by atoms with E-state index < -0.39 is 30.6 Å². The topological polar surface area (TPSA) is 110 Å². The fourth-order valence-corrected chi connectivity index (χ4v) is 0.873. The molecule has 0 fully saturated rings. The van der Waals surface area contributed by atoms with E-state index in [-0.39, 0.29) is 6.54 Å². The largest absolute Gasteiger partial charge is 0.394 e. The van der Waals surface area contributed by atoms with Crippen molar-refractivity contribution in [1.82, 2.24) is 10.4 Å². The minimum Gasteiger partial charge on any atom is -0.394 e. The molecule has 0 saturated heterocycles. The number of hydrazine groups is 1. The van der Waals surface area contributed by atoms with E-state index >= 15 is 0 Å². The van der Waals surface area contributed by atoms with Crippen molar-refractivity contribution in [3.63, 3.8) is 0 Å².